The Hall–Kier alpha value is -2.04. The van der Waals surface area contributed by atoms with E-state index in [0.717, 1.165) is 19.5 Å². The van der Waals surface area contributed by atoms with Gasteiger partial charge in [-0.15, -0.1) is 0 Å². The molecule has 0 aromatic heterocycles. The average molecular weight is 290 g/mol. The van der Waals surface area contributed by atoms with Gasteiger partial charge in [0.25, 0.3) is 11.8 Å². The van der Waals surface area contributed by atoms with E-state index < -0.39 is 5.91 Å². The standard InChI is InChI=1S/C16H22N2O3/c1-11-7-12(2)9-18(8-11)15(19)10-21-14-6-4-3-5-13(14)16(17)20/h3-6,11-12H,7-10H2,1-2H3,(H2,17,20)/t11-,12+. The third-order valence-corrected chi connectivity index (χ3v) is 3.73. The number of para-hydroxylation sites is 1. The van der Waals surface area contributed by atoms with Crippen LogP contribution in [0.4, 0.5) is 0 Å². The lowest BCUT2D eigenvalue weighted by atomic mass is 9.92. The first-order valence-electron chi connectivity index (χ1n) is 7.26. The quantitative estimate of drug-likeness (QED) is 0.916. The van der Waals surface area contributed by atoms with E-state index in [9.17, 15) is 9.59 Å². The fourth-order valence-electron chi connectivity index (χ4n) is 2.89. The van der Waals surface area contributed by atoms with Gasteiger partial charge < -0.3 is 15.4 Å². The van der Waals surface area contributed by atoms with Crippen LogP contribution in [0, 0.1) is 11.8 Å². The number of amides is 2. The Morgan fingerprint density at radius 3 is 2.48 bits per heavy atom. The van der Waals surface area contributed by atoms with Gasteiger partial charge in [0.1, 0.15) is 5.75 Å². The molecule has 2 rings (SSSR count). The predicted octanol–water partition coefficient (Wildman–Crippen LogP) is 1.67. The Bertz CT molecular complexity index is 520. The molecule has 1 saturated heterocycles. The summed E-state index contributed by atoms with van der Waals surface area (Å²) in [6.07, 6.45) is 1.15. The van der Waals surface area contributed by atoms with Gasteiger partial charge >= 0.3 is 0 Å². The predicted molar refractivity (Wildman–Crippen MR) is 80.0 cm³/mol. The lowest BCUT2D eigenvalue weighted by Gasteiger charge is -2.34. The van der Waals surface area contributed by atoms with E-state index in [-0.39, 0.29) is 12.5 Å². The molecule has 0 unspecified atom stereocenters. The summed E-state index contributed by atoms with van der Waals surface area (Å²) in [5.41, 5.74) is 5.58. The van der Waals surface area contributed by atoms with Crippen molar-refractivity contribution in [1.82, 2.24) is 4.90 Å². The summed E-state index contributed by atoms with van der Waals surface area (Å²) in [4.78, 5) is 25.4. The van der Waals surface area contributed by atoms with E-state index >= 15 is 0 Å². The van der Waals surface area contributed by atoms with Crippen molar-refractivity contribution in [3.05, 3.63) is 29.8 Å². The molecule has 2 amide bonds. The molecule has 0 bridgehead atoms. The lowest BCUT2D eigenvalue weighted by Crippen LogP contribution is -2.44. The van der Waals surface area contributed by atoms with Gasteiger partial charge in [0.15, 0.2) is 6.61 Å². The summed E-state index contributed by atoms with van der Waals surface area (Å²) in [7, 11) is 0. The van der Waals surface area contributed by atoms with Gasteiger partial charge in [-0.2, -0.15) is 0 Å². The van der Waals surface area contributed by atoms with Crippen LogP contribution in [0.1, 0.15) is 30.6 Å². The molecular weight excluding hydrogens is 268 g/mol. The average Bonchev–Trinajstić information content (AvgIpc) is 2.43. The van der Waals surface area contributed by atoms with Crippen molar-refractivity contribution in [2.45, 2.75) is 20.3 Å². The maximum atomic E-state index is 12.2. The molecule has 114 valence electrons. The molecule has 0 radical (unpaired) electrons. The molecule has 0 aliphatic carbocycles. The summed E-state index contributed by atoms with van der Waals surface area (Å²) in [5.74, 6) is 0.772. The first kappa shape index (κ1) is 15.4. The highest BCUT2D eigenvalue weighted by atomic mass is 16.5. The number of benzene rings is 1. The van der Waals surface area contributed by atoms with Crippen LogP contribution in [0.3, 0.4) is 0 Å². The molecule has 5 heteroatoms. The first-order valence-corrected chi connectivity index (χ1v) is 7.26. The van der Waals surface area contributed by atoms with Gasteiger partial charge in [-0.3, -0.25) is 9.59 Å². The van der Waals surface area contributed by atoms with E-state index in [1.165, 1.54) is 0 Å². The third kappa shape index (κ3) is 3.97. The minimum Gasteiger partial charge on any atom is -0.483 e. The van der Waals surface area contributed by atoms with Gasteiger partial charge in [0.05, 0.1) is 5.56 Å². The number of nitrogens with zero attached hydrogens (tertiary/aromatic N) is 1. The molecule has 1 aromatic rings. The van der Waals surface area contributed by atoms with Crippen LogP contribution in [0.2, 0.25) is 0 Å². The van der Waals surface area contributed by atoms with Crippen molar-refractivity contribution < 1.29 is 14.3 Å². The Labute approximate surface area is 125 Å². The largest absolute Gasteiger partial charge is 0.483 e. The number of ether oxygens (including phenoxy) is 1. The van der Waals surface area contributed by atoms with Crippen molar-refractivity contribution in [1.29, 1.82) is 0 Å². The smallest absolute Gasteiger partial charge is 0.260 e. The zero-order chi connectivity index (χ0) is 15.4. The number of hydrogen-bond acceptors (Lipinski definition) is 3. The number of piperidine rings is 1. The SMILES string of the molecule is C[C@@H]1C[C@H](C)CN(C(=O)COc2ccccc2C(N)=O)C1. The third-order valence-electron chi connectivity index (χ3n) is 3.73. The molecule has 2 atom stereocenters. The topological polar surface area (TPSA) is 72.6 Å². The van der Waals surface area contributed by atoms with Crippen LogP contribution in [0.25, 0.3) is 0 Å². The molecular formula is C16H22N2O3. The summed E-state index contributed by atoms with van der Waals surface area (Å²) >= 11 is 0. The molecule has 0 spiro atoms. The second-order valence-electron chi connectivity index (χ2n) is 5.89. The van der Waals surface area contributed by atoms with Crippen molar-refractivity contribution in [3.63, 3.8) is 0 Å². The van der Waals surface area contributed by atoms with Crippen LogP contribution in [-0.4, -0.2) is 36.4 Å². The summed E-state index contributed by atoms with van der Waals surface area (Å²) < 4.78 is 5.49. The van der Waals surface area contributed by atoms with Gasteiger partial charge in [0.2, 0.25) is 0 Å². The fourth-order valence-corrected chi connectivity index (χ4v) is 2.89. The second kappa shape index (κ2) is 6.61. The summed E-state index contributed by atoms with van der Waals surface area (Å²) in [5, 5.41) is 0. The Morgan fingerprint density at radius 1 is 1.24 bits per heavy atom. The fraction of sp³-hybridized carbons (Fsp3) is 0.500. The van der Waals surface area contributed by atoms with Gasteiger partial charge in [-0.05, 0) is 30.4 Å². The number of hydrogen-bond donors (Lipinski definition) is 1. The molecule has 5 nitrogen and oxygen atoms in total. The maximum Gasteiger partial charge on any atom is 0.260 e. The second-order valence-corrected chi connectivity index (χ2v) is 5.89. The van der Waals surface area contributed by atoms with Gasteiger partial charge in [-0.25, -0.2) is 0 Å². The minimum atomic E-state index is -0.557. The zero-order valence-electron chi connectivity index (χ0n) is 12.5. The molecule has 2 N–H and O–H groups in total. The van der Waals surface area contributed by atoms with Crippen LogP contribution >= 0.6 is 0 Å². The molecule has 1 aliphatic heterocycles. The van der Waals surface area contributed by atoms with Crippen LogP contribution in [-0.2, 0) is 4.79 Å². The number of primary amides is 1. The zero-order valence-corrected chi connectivity index (χ0v) is 12.5. The molecule has 0 saturated carbocycles. The van der Waals surface area contributed by atoms with Crippen LogP contribution in [0.5, 0.6) is 5.75 Å². The Balaban J connectivity index is 1.97. The van der Waals surface area contributed by atoms with Crippen LogP contribution < -0.4 is 10.5 Å². The first-order chi connectivity index (χ1) is 9.97. The number of carbonyl (C=O) groups excluding carboxylic acids is 2. The molecule has 1 fully saturated rings. The normalized spacial score (nSPS) is 21.9. The highest BCUT2D eigenvalue weighted by Gasteiger charge is 2.25. The summed E-state index contributed by atoms with van der Waals surface area (Å²) in [6, 6.07) is 6.70. The maximum absolute atomic E-state index is 12.2. The molecule has 1 heterocycles. The van der Waals surface area contributed by atoms with Crippen LogP contribution in [0.15, 0.2) is 24.3 Å². The van der Waals surface area contributed by atoms with Crippen molar-refractivity contribution in [2.75, 3.05) is 19.7 Å². The lowest BCUT2D eigenvalue weighted by molar-refractivity contribution is -0.136. The number of likely N-dealkylation sites (tertiary alicyclic amines) is 1. The Kier molecular flexibility index (Phi) is 4.83. The highest BCUT2D eigenvalue weighted by Crippen LogP contribution is 2.22. The van der Waals surface area contributed by atoms with E-state index in [4.69, 9.17) is 10.5 Å². The molecule has 21 heavy (non-hydrogen) atoms. The van der Waals surface area contributed by atoms with E-state index in [2.05, 4.69) is 13.8 Å². The van der Waals surface area contributed by atoms with Gasteiger partial charge in [-0.1, -0.05) is 26.0 Å². The minimum absolute atomic E-state index is 0.0485. The number of rotatable bonds is 4. The van der Waals surface area contributed by atoms with Crippen molar-refractivity contribution in [2.24, 2.45) is 17.6 Å². The number of carbonyl (C=O) groups is 2. The van der Waals surface area contributed by atoms with E-state index in [1.54, 1.807) is 24.3 Å². The molecule has 1 aliphatic rings. The monoisotopic (exact) mass is 290 g/mol. The van der Waals surface area contributed by atoms with Crippen molar-refractivity contribution in [3.8, 4) is 5.75 Å². The number of nitrogens with two attached hydrogens (primary N) is 1. The summed E-state index contributed by atoms with van der Waals surface area (Å²) in [6.45, 7) is 5.77. The van der Waals surface area contributed by atoms with E-state index in [0.29, 0.717) is 23.1 Å². The Morgan fingerprint density at radius 2 is 1.86 bits per heavy atom. The van der Waals surface area contributed by atoms with Crippen molar-refractivity contribution >= 4 is 11.8 Å². The highest BCUT2D eigenvalue weighted by molar-refractivity contribution is 5.95. The van der Waals surface area contributed by atoms with E-state index in [1.807, 2.05) is 4.90 Å². The van der Waals surface area contributed by atoms with Gasteiger partial charge in [0, 0.05) is 13.1 Å². The molecule has 1 aromatic carbocycles.